The summed E-state index contributed by atoms with van der Waals surface area (Å²) in [5.41, 5.74) is 0.385. The van der Waals surface area contributed by atoms with Crippen molar-refractivity contribution in [3.63, 3.8) is 0 Å². The van der Waals surface area contributed by atoms with Crippen LogP contribution in [0.15, 0.2) is 0 Å². The largest absolute Gasteiger partial charge is 0.396 e. The first kappa shape index (κ1) is 12.3. The Morgan fingerprint density at radius 1 is 1.43 bits per heavy atom. The highest BCUT2D eigenvalue weighted by atomic mass is 32.2. The molecule has 0 bridgehead atoms. The molecule has 0 unspecified atom stereocenters. The fraction of sp³-hybridized carbons (Fsp3) is 1.00. The van der Waals surface area contributed by atoms with Crippen LogP contribution in [0.2, 0.25) is 0 Å². The van der Waals surface area contributed by atoms with Gasteiger partial charge in [0.2, 0.25) is 0 Å². The van der Waals surface area contributed by atoms with Gasteiger partial charge >= 0.3 is 0 Å². The average Bonchev–Trinajstić information content (AvgIpc) is 2.14. The van der Waals surface area contributed by atoms with Crippen molar-refractivity contribution in [3.05, 3.63) is 0 Å². The fourth-order valence-corrected chi connectivity index (χ4v) is 2.18. The van der Waals surface area contributed by atoms with E-state index in [1.54, 1.807) is 0 Å². The number of hydrogen-bond donors (Lipinski definition) is 2. The number of nitrogens with one attached hydrogen (secondary N) is 1. The number of thioether (sulfide) groups is 1. The number of hydrogen-bond acceptors (Lipinski definition) is 4. The molecule has 3 nitrogen and oxygen atoms in total. The highest BCUT2D eigenvalue weighted by molar-refractivity contribution is 7.99. The molecule has 0 aliphatic carbocycles. The first-order valence-corrected chi connectivity index (χ1v) is 6.39. The smallest absolute Gasteiger partial charge is 0.0554 e. The van der Waals surface area contributed by atoms with Crippen LogP contribution in [0.25, 0.3) is 0 Å². The van der Waals surface area contributed by atoms with Gasteiger partial charge in [-0.25, -0.2) is 0 Å². The van der Waals surface area contributed by atoms with Crippen LogP contribution in [-0.2, 0) is 4.74 Å². The van der Waals surface area contributed by atoms with E-state index in [1.165, 1.54) is 0 Å². The SMILES string of the molecule is CC1(CNCCSCCCO)COC1. The molecule has 0 amide bonds. The summed E-state index contributed by atoms with van der Waals surface area (Å²) in [5.74, 6) is 2.20. The molecule has 0 atom stereocenters. The van der Waals surface area contributed by atoms with Gasteiger partial charge in [-0.15, -0.1) is 0 Å². The first-order valence-electron chi connectivity index (χ1n) is 5.24. The fourth-order valence-electron chi connectivity index (χ4n) is 1.36. The molecule has 2 N–H and O–H groups in total. The van der Waals surface area contributed by atoms with Gasteiger partial charge in [-0.2, -0.15) is 11.8 Å². The lowest BCUT2D eigenvalue weighted by atomic mass is 9.89. The van der Waals surface area contributed by atoms with E-state index < -0.39 is 0 Å². The van der Waals surface area contributed by atoms with Gasteiger partial charge in [-0.05, 0) is 12.2 Å². The lowest BCUT2D eigenvalue weighted by Gasteiger charge is -2.38. The Morgan fingerprint density at radius 3 is 2.79 bits per heavy atom. The second-order valence-corrected chi connectivity index (χ2v) is 5.39. The monoisotopic (exact) mass is 219 g/mol. The summed E-state index contributed by atoms with van der Waals surface area (Å²) in [6, 6.07) is 0. The van der Waals surface area contributed by atoms with Crippen LogP contribution in [0.4, 0.5) is 0 Å². The Kier molecular flexibility index (Phi) is 5.86. The molecular formula is C10H21NO2S. The number of aliphatic hydroxyl groups excluding tert-OH is 1. The zero-order chi connectivity index (χ0) is 10.3. The molecule has 1 aliphatic heterocycles. The summed E-state index contributed by atoms with van der Waals surface area (Å²) in [6.07, 6.45) is 0.913. The molecule has 4 heteroatoms. The van der Waals surface area contributed by atoms with Crippen LogP contribution in [0.1, 0.15) is 13.3 Å². The zero-order valence-corrected chi connectivity index (χ0v) is 9.74. The van der Waals surface area contributed by atoms with Gasteiger partial charge in [0.25, 0.3) is 0 Å². The van der Waals surface area contributed by atoms with E-state index in [0.29, 0.717) is 12.0 Å². The molecule has 14 heavy (non-hydrogen) atoms. The molecule has 0 radical (unpaired) electrons. The Bertz CT molecular complexity index is 151. The number of rotatable bonds is 8. The van der Waals surface area contributed by atoms with E-state index in [0.717, 1.165) is 44.2 Å². The highest BCUT2D eigenvalue weighted by Crippen LogP contribution is 2.24. The summed E-state index contributed by atoms with van der Waals surface area (Å²) >= 11 is 1.90. The molecule has 0 aromatic rings. The summed E-state index contributed by atoms with van der Waals surface area (Å²) in [4.78, 5) is 0. The summed E-state index contributed by atoms with van der Waals surface area (Å²) < 4.78 is 5.18. The van der Waals surface area contributed by atoms with Crippen molar-refractivity contribution in [1.29, 1.82) is 0 Å². The molecule has 1 fully saturated rings. The van der Waals surface area contributed by atoms with E-state index in [2.05, 4.69) is 12.2 Å². The van der Waals surface area contributed by atoms with Crippen molar-refractivity contribution >= 4 is 11.8 Å². The van der Waals surface area contributed by atoms with Crippen LogP contribution in [0.3, 0.4) is 0 Å². The van der Waals surface area contributed by atoms with E-state index in [1.807, 2.05) is 11.8 Å². The van der Waals surface area contributed by atoms with E-state index >= 15 is 0 Å². The number of ether oxygens (including phenoxy) is 1. The minimum absolute atomic E-state index is 0.315. The van der Waals surface area contributed by atoms with Crippen molar-refractivity contribution in [2.75, 3.05) is 44.4 Å². The van der Waals surface area contributed by atoms with E-state index in [-0.39, 0.29) is 0 Å². The third kappa shape index (κ3) is 4.64. The quantitative estimate of drug-likeness (QED) is 0.591. The van der Waals surface area contributed by atoms with Crippen LogP contribution in [0.5, 0.6) is 0 Å². The predicted molar refractivity (Wildman–Crippen MR) is 60.8 cm³/mol. The predicted octanol–water partition coefficient (Wildman–Crippen LogP) is 0.728. The molecule has 84 valence electrons. The molecule has 0 aromatic heterocycles. The zero-order valence-electron chi connectivity index (χ0n) is 8.92. The number of aliphatic hydroxyl groups is 1. The summed E-state index contributed by atoms with van der Waals surface area (Å²) in [6.45, 7) is 6.49. The third-order valence-electron chi connectivity index (χ3n) is 2.32. The lowest BCUT2D eigenvalue weighted by molar-refractivity contribution is -0.0987. The molecule has 0 aromatic carbocycles. The van der Waals surface area contributed by atoms with Crippen molar-refractivity contribution in [2.24, 2.45) is 5.41 Å². The lowest BCUT2D eigenvalue weighted by Crippen LogP contribution is -2.47. The van der Waals surface area contributed by atoms with Crippen LogP contribution < -0.4 is 5.32 Å². The molecule has 1 aliphatic rings. The summed E-state index contributed by atoms with van der Waals surface area (Å²) in [5, 5.41) is 12.0. The van der Waals surface area contributed by atoms with Crippen molar-refractivity contribution < 1.29 is 9.84 Å². The molecular weight excluding hydrogens is 198 g/mol. The van der Waals surface area contributed by atoms with Crippen molar-refractivity contribution in [3.8, 4) is 0 Å². The third-order valence-corrected chi connectivity index (χ3v) is 3.39. The molecule has 1 saturated heterocycles. The minimum atomic E-state index is 0.315. The van der Waals surface area contributed by atoms with Gasteiger partial charge in [0, 0.05) is 30.9 Å². The topological polar surface area (TPSA) is 41.5 Å². The Morgan fingerprint density at radius 2 is 2.21 bits per heavy atom. The van der Waals surface area contributed by atoms with E-state index in [9.17, 15) is 0 Å². The second-order valence-electron chi connectivity index (χ2n) is 4.17. The maximum absolute atomic E-state index is 8.57. The average molecular weight is 219 g/mol. The van der Waals surface area contributed by atoms with Crippen molar-refractivity contribution in [1.82, 2.24) is 5.32 Å². The highest BCUT2D eigenvalue weighted by Gasteiger charge is 2.32. The normalized spacial score (nSPS) is 19.3. The Hall–Kier alpha value is 0.230. The Balaban J connectivity index is 1.80. The molecule has 1 heterocycles. The second kappa shape index (κ2) is 6.67. The van der Waals surface area contributed by atoms with Gasteiger partial charge < -0.3 is 15.2 Å². The Labute approximate surface area is 90.6 Å². The summed E-state index contributed by atoms with van der Waals surface area (Å²) in [7, 11) is 0. The maximum atomic E-state index is 8.57. The standard InChI is InChI=1S/C10H21NO2S/c1-10(8-13-9-10)7-11-3-6-14-5-2-4-12/h11-12H,2-9H2,1H3. The molecule has 0 spiro atoms. The molecule has 1 rings (SSSR count). The maximum Gasteiger partial charge on any atom is 0.0554 e. The van der Waals surface area contributed by atoms with Crippen LogP contribution in [0, 0.1) is 5.41 Å². The molecule has 0 saturated carbocycles. The van der Waals surface area contributed by atoms with Gasteiger partial charge in [-0.3, -0.25) is 0 Å². The minimum Gasteiger partial charge on any atom is -0.396 e. The van der Waals surface area contributed by atoms with Crippen LogP contribution in [-0.4, -0.2) is 49.5 Å². The van der Waals surface area contributed by atoms with Gasteiger partial charge in [0.1, 0.15) is 0 Å². The first-order chi connectivity index (χ1) is 6.77. The van der Waals surface area contributed by atoms with E-state index in [4.69, 9.17) is 9.84 Å². The van der Waals surface area contributed by atoms with Crippen LogP contribution >= 0.6 is 11.8 Å². The van der Waals surface area contributed by atoms with Gasteiger partial charge in [0.05, 0.1) is 13.2 Å². The van der Waals surface area contributed by atoms with Gasteiger partial charge in [0.15, 0.2) is 0 Å². The van der Waals surface area contributed by atoms with Crippen molar-refractivity contribution in [2.45, 2.75) is 13.3 Å². The van der Waals surface area contributed by atoms with Gasteiger partial charge in [-0.1, -0.05) is 6.92 Å².